The van der Waals surface area contributed by atoms with Crippen molar-refractivity contribution in [1.29, 1.82) is 0 Å². The van der Waals surface area contributed by atoms with E-state index in [1.807, 2.05) is 18.2 Å². The first-order valence-corrected chi connectivity index (χ1v) is 6.45. The summed E-state index contributed by atoms with van der Waals surface area (Å²) in [7, 11) is 0. The molecule has 0 aromatic heterocycles. The van der Waals surface area contributed by atoms with E-state index in [-0.39, 0.29) is 5.91 Å². The Morgan fingerprint density at radius 2 is 2.05 bits per heavy atom. The van der Waals surface area contributed by atoms with E-state index < -0.39 is 11.4 Å². The van der Waals surface area contributed by atoms with Crippen LogP contribution in [0.2, 0.25) is 0 Å². The van der Waals surface area contributed by atoms with Crippen LogP contribution in [0.15, 0.2) is 18.2 Å². The van der Waals surface area contributed by atoms with Gasteiger partial charge in [-0.2, -0.15) is 0 Å². The van der Waals surface area contributed by atoms with Crippen molar-refractivity contribution in [2.24, 2.45) is 5.41 Å². The molecule has 0 saturated heterocycles. The highest BCUT2D eigenvalue weighted by atomic mass is 16.4. The third-order valence-corrected chi connectivity index (χ3v) is 3.72. The average molecular weight is 261 g/mol. The zero-order valence-electron chi connectivity index (χ0n) is 11.6. The predicted molar refractivity (Wildman–Crippen MR) is 73.3 cm³/mol. The summed E-state index contributed by atoms with van der Waals surface area (Å²) in [5.74, 6) is -0.764. The number of rotatable bonds is 3. The van der Waals surface area contributed by atoms with Gasteiger partial charge in [0.2, 0.25) is 5.91 Å². The van der Waals surface area contributed by atoms with E-state index in [1.54, 1.807) is 25.7 Å². The second kappa shape index (κ2) is 4.68. The summed E-state index contributed by atoms with van der Waals surface area (Å²) in [6.07, 6.45) is 1.29. The van der Waals surface area contributed by atoms with Crippen LogP contribution in [0.3, 0.4) is 0 Å². The molecule has 0 unspecified atom stereocenters. The van der Waals surface area contributed by atoms with Crippen LogP contribution in [0.25, 0.3) is 0 Å². The van der Waals surface area contributed by atoms with Gasteiger partial charge in [-0.15, -0.1) is 0 Å². The van der Waals surface area contributed by atoms with Gasteiger partial charge in [-0.1, -0.05) is 12.1 Å². The van der Waals surface area contributed by atoms with Gasteiger partial charge >= 0.3 is 5.97 Å². The molecule has 19 heavy (non-hydrogen) atoms. The minimum absolute atomic E-state index is 0.0356. The summed E-state index contributed by atoms with van der Waals surface area (Å²) in [5, 5.41) is 9.23. The molecule has 4 nitrogen and oxygen atoms in total. The number of carbonyl (C=O) groups excluding carboxylic acids is 1. The molecule has 0 spiro atoms. The highest BCUT2D eigenvalue weighted by Gasteiger charge is 2.31. The molecule has 0 radical (unpaired) electrons. The minimum Gasteiger partial charge on any atom is -0.481 e. The van der Waals surface area contributed by atoms with Gasteiger partial charge < -0.3 is 10.0 Å². The lowest BCUT2D eigenvalue weighted by molar-refractivity contribution is -0.146. The third kappa shape index (κ3) is 2.48. The average Bonchev–Trinajstić information content (AvgIpc) is 2.73. The zero-order chi connectivity index (χ0) is 14.2. The smallest absolute Gasteiger partial charge is 0.309 e. The van der Waals surface area contributed by atoms with Crippen molar-refractivity contribution in [2.45, 2.75) is 33.6 Å². The number of amides is 1. The van der Waals surface area contributed by atoms with E-state index in [0.29, 0.717) is 13.0 Å². The highest BCUT2D eigenvalue weighted by Crippen LogP contribution is 2.34. The molecule has 0 atom stereocenters. The van der Waals surface area contributed by atoms with Crippen LogP contribution in [0.1, 0.15) is 31.9 Å². The molecule has 0 fully saturated rings. The number of carboxylic acid groups (broad SMARTS) is 1. The van der Waals surface area contributed by atoms with Crippen molar-refractivity contribution in [3.63, 3.8) is 0 Å². The number of nitrogens with zero attached hydrogens (tertiary/aromatic N) is 1. The quantitative estimate of drug-likeness (QED) is 0.908. The second-order valence-corrected chi connectivity index (χ2v) is 5.70. The fourth-order valence-electron chi connectivity index (χ4n) is 2.55. The van der Waals surface area contributed by atoms with Crippen molar-refractivity contribution in [3.05, 3.63) is 29.3 Å². The lowest BCUT2D eigenvalue weighted by atomic mass is 9.84. The van der Waals surface area contributed by atoms with E-state index in [4.69, 9.17) is 0 Å². The Morgan fingerprint density at radius 3 is 2.63 bits per heavy atom. The Hall–Kier alpha value is -1.84. The molecule has 4 heteroatoms. The first-order valence-electron chi connectivity index (χ1n) is 6.45. The summed E-state index contributed by atoms with van der Waals surface area (Å²) < 4.78 is 0. The van der Waals surface area contributed by atoms with E-state index in [9.17, 15) is 14.7 Å². The molecule has 2 rings (SSSR count). The fraction of sp³-hybridized carbons (Fsp3) is 0.467. The van der Waals surface area contributed by atoms with E-state index >= 15 is 0 Å². The summed E-state index contributed by atoms with van der Waals surface area (Å²) >= 11 is 0. The minimum atomic E-state index is -0.800. The van der Waals surface area contributed by atoms with Crippen LogP contribution in [0, 0.1) is 5.41 Å². The van der Waals surface area contributed by atoms with Gasteiger partial charge in [0.15, 0.2) is 0 Å². The Morgan fingerprint density at radius 1 is 1.37 bits per heavy atom. The molecule has 1 aliphatic rings. The number of fused-ring (bicyclic) bond motifs is 1. The molecule has 1 N–H and O–H groups in total. The molecular weight excluding hydrogens is 242 g/mol. The molecule has 102 valence electrons. The Labute approximate surface area is 113 Å². The van der Waals surface area contributed by atoms with Gasteiger partial charge in [-0.05, 0) is 43.9 Å². The first-order chi connectivity index (χ1) is 8.83. The van der Waals surface area contributed by atoms with Crippen LogP contribution >= 0.6 is 0 Å². The molecule has 1 aromatic rings. The topological polar surface area (TPSA) is 57.6 Å². The van der Waals surface area contributed by atoms with Gasteiger partial charge in [0.05, 0.1) is 5.41 Å². The number of benzene rings is 1. The number of aliphatic carboxylic acids is 1. The Bertz CT molecular complexity index is 534. The van der Waals surface area contributed by atoms with Gasteiger partial charge in [-0.3, -0.25) is 9.59 Å². The van der Waals surface area contributed by atoms with Crippen LogP contribution in [-0.2, 0) is 22.4 Å². The number of anilines is 1. The highest BCUT2D eigenvalue weighted by molar-refractivity contribution is 5.94. The van der Waals surface area contributed by atoms with Crippen LogP contribution in [0.5, 0.6) is 0 Å². The molecule has 0 bridgehead atoms. The van der Waals surface area contributed by atoms with E-state index in [2.05, 4.69) is 0 Å². The monoisotopic (exact) mass is 261 g/mol. The number of carboxylic acids is 1. The maximum Gasteiger partial charge on any atom is 0.309 e. The maximum atomic E-state index is 11.5. The molecule has 1 heterocycles. The number of carbonyl (C=O) groups is 2. The van der Waals surface area contributed by atoms with Crippen LogP contribution < -0.4 is 4.90 Å². The van der Waals surface area contributed by atoms with Crippen molar-refractivity contribution >= 4 is 17.6 Å². The normalized spacial score (nSPS) is 14.4. The molecule has 1 aromatic carbocycles. The SMILES string of the molecule is CC(=O)N1CCc2c(CC(C)(C)C(=O)O)cccc21. The third-order valence-electron chi connectivity index (χ3n) is 3.72. The van der Waals surface area contributed by atoms with E-state index in [0.717, 1.165) is 23.2 Å². The molecule has 0 aliphatic carbocycles. The molecule has 1 aliphatic heterocycles. The van der Waals surface area contributed by atoms with Crippen molar-refractivity contribution in [1.82, 2.24) is 0 Å². The number of hydrogen-bond acceptors (Lipinski definition) is 2. The largest absolute Gasteiger partial charge is 0.481 e. The molecule has 1 amide bonds. The first kappa shape index (κ1) is 13.6. The Kier molecular flexibility index (Phi) is 3.35. The van der Waals surface area contributed by atoms with Crippen LogP contribution in [-0.4, -0.2) is 23.5 Å². The van der Waals surface area contributed by atoms with E-state index in [1.165, 1.54) is 0 Å². The van der Waals surface area contributed by atoms with Crippen molar-refractivity contribution in [3.8, 4) is 0 Å². The van der Waals surface area contributed by atoms with Crippen LogP contribution in [0.4, 0.5) is 5.69 Å². The summed E-state index contributed by atoms with van der Waals surface area (Å²) in [6.45, 7) is 5.71. The van der Waals surface area contributed by atoms with Gasteiger partial charge in [0.1, 0.15) is 0 Å². The van der Waals surface area contributed by atoms with Crippen molar-refractivity contribution < 1.29 is 14.7 Å². The van der Waals surface area contributed by atoms with Gasteiger partial charge in [-0.25, -0.2) is 0 Å². The second-order valence-electron chi connectivity index (χ2n) is 5.70. The van der Waals surface area contributed by atoms with Crippen molar-refractivity contribution in [2.75, 3.05) is 11.4 Å². The maximum absolute atomic E-state index is 11.5. The molecular formula is C15H19NO3. The fourth-order valence-corrected chi connectivity index (χ4v) is 2.55. The standard InChI is InChI=1S/C15H19NO3/c1-10(17)16-8-7-12-11(5-4-6-13(12)16)9-15(2,3)14(18)19/h4-6H,7-9H2,1-3H3,(H,18,19). The predicted octanol–water partition coefficient (Wildman–Crippen LogP) is 2.25. The zero-order valence-corrected chi connectivity index (χ0v) is 11.6. The summed E-state index contributed by atoms with van der Waals surface area (Å²) in [4.78, 5) is 24.5. The lowest BCUT2D eigenvalue weighted by Crippen LogP contribution is -2.26. The Balaban J connectivity index is 2.36. The summed E-state index contributed by atoms with van der Waals surface area (Å²) in [5.41, 5.74) is 2.30. The summed E-state index contributed by atoms with van der Waals surface area (Å²) in [6, 6.07) is 5.79. The lowest BCUT2D eigenvalue weighted by Gasteiger charge is -2.21. The number of hydrogen-bond donors (Lipinski definition) is 1. The molecule has 0 saturated carbocycles. The van der Waals surface area contributed by atoms with Gasteiger partial charge in [0, 0.05) is 19.2 Å². The van der Waals surface area contributed by atoms with Gasteiger partial charge in [0.25, 0.3) is 0 Å².